The Balaban J connectivity index is 4.54. The first-order valence-electron chi connectivity index (χ1n) is 6.19. The molecule has 0 fully saturated rings. The molecule has 104 valence electrons. The molecule has 0 bridgehead atoms. The van der Waals surface area contributed by atoms with Crippen LogP contribution in [0.25, 0.3) is 0 Å². The van der Waals surface area contributed by atoms with Gasteiger partial charge in [-0.05, 0) is 24.2 Å². The first-order chi connectivity index (χ1) is 7.58. The predicted octanol–water partition coefficient (Wildman–Crippen LogP) is 1.75. The summed E-state index contributed by atoms with van der Waals surface area (Å²) >= 11 is 0. The molecular formula is C12H27NO3S. The van der Waals surface area contributed by atoms with E-state index in [-0.39, 0.29) is 23.8 Å². The Bertz CT molecular complexity index is 304. The summed E-state index contributed by atoms with van der Waals surface area (Å²) in [6, 6.07) is -0.218. The molecule has 0 amide bonds. The van der Waals surface area contributed by atoms with Crippen LogP contribution in [0.2, 0.25) is 0 Å². The Hall–Kier alpha value is -0.130. The van der Waals surface area contributed by atoms with Crippen LogP contribution in [0.5, 0.6) is 0 Å². The first kappa shape index (κ1) is 16.9. The first-order valence-corrected chi connectivity index (χ1v) is 7.84. The van der Waals surface area contributed by atoms with Crippen LogP contribution in [0.4, 0.5) is 0 Å². The number of hydrogen-bond donors (Lipinski definition) is 2. The summed E-state index contributed by atoms with van der Waals surface area (Å²) in [6.45, 7) is 9.92. The molecule has 0 aliphatic rings. The van der Waals surface area contributed by atoms with Gasteiger partial charge >= 0.3 is 0 Å². The fraction of sp³-hybridized carbons (Fsp3) is 1.00. The van der Waals surface area contributed by atoms with Crippen molar-refractivity contribution in [3.8, 4) is 0 Å². The van der Waals surface area contributed by atoms with Gasteiger partial charge in [0.1, 0.15) is 0 Å². The van der Waals surface area contributed by atoms with Gasteiger partial charge in [-0.2, -0.15) is 0 Å². The van der Waals surface area contributed by atoms with E-state index in [0.29, 0.717) is 18.8 Å². The Labute approximate surface area is 106 Å². The van der Waals surface area contributed by atoms with E-state index in [4.69, 9.17) is 5.11 Å². The molecule has 4 nitrogen and oxygen atoms in total. The number of nitrogens with one attached hydrogen (secondary N) is 1. The van der Waals surface area contributed by atoms with Crippen molar-refractivity contribution in [1.29, 1.82) is 0 Å². The van der Waals surface area contributed by atoms with Crippen molar-refractivity contribution in [3.05, 3.63) is 0 Å². The number of aliphatic hydroxyl groups is 1. The molecule has 0 rings (SSSR count). The maximum absolute atomic E-state index is 11.9. The number of hydrogen-bond acceptors (Lipinski definition) is 3. The van der Waals surface area contributed by atoms with Gasteiger partial charge in [0.25, 0.3) is 0 Å². The highest BCUT2D eigenvalue weighted by Crippen LogP contribution is 2.22. The molecule has 0 aromatic rings. The molecule has 2 N–H and O–H groups in total. The normalized spacial score (nSPS) is 15.2. The number of sulfonamides is 1. The van der Waals surface area contributed by atoms with Crippen molar-refractivity contribution < 1.29 is 13.5 Å². The molecule has 0 saturated heterocycles. The Morgan fingerprint density at radius 2 is 1.71 bits per heavy atom. The minimum absolute atomic E-state index is 0.00532. The van der Waals surface area contributed by atoms with Crippen LogP contribution >= 0.6 is 0 Å². The summed E-state index contributed by atoms with van der Waals surface area (Å²) in [4.78, 5) is 0. The van der Waals surface area contributed by atoms with Crippen molar-refractivity contribution in [1.82, 2.24) is 4.72 Å². The largest absolute Gasteiger partial charge is 0.396 e. The number of rotatable bonds is 7. The lowest BCUT2D eigenvalue weighted by Gasteiger charge is -2.30. The van der Waals surface area contributed by atoms with E-state index in [0.717, 1.165) is 0 Å². The summed E-state index contributed by atoms with van der Waals surface area (Å²) in [5, 5.41) is 8.98. The van der Waals surface area contributed by atoms with Gasteiger partial charge in [0.05, 0.1) is 5.75 Å². The van der Waals surface area contributed by atoms with Gasteiger partial charge in [0, 0.05) is 12.6 Å². The smallest absolute Gasteiger partial charge is 0.211 e. The molecule has 1 unspecified atom stereocenters. The minimum atomic E-state index is -3.24. The molecular weight excluding hydrogens is 238 g/mol. The fourth-order valence-corrected chi connectivity index (χ4v) is 3.27. The van der Waals surface area contributed by atoms with E-state index in [1.54, 1.807) is 0 Å². The maximum atomic E-state index is 11.9. The third-order valence-electron chi connectivity index (χ3n) is 2.75. The maximum Gasteiger partial charge on any atom is 0.211 e. The lowest BCUT2D eigenvalue weighted by molar-refractivity contribution is 0.214. The van der Waals surface area contributed by atoms with Gasteiger partial charge in [-0.25, -0.2) is 13.1 Å². The summed E-state index contributed by atoms with van der Waals surface area (Å²) in [7, 11) is -3.24. The summed E-state index contributed by atoms with van der Waals surface area (Å²) < 4.78 is 26.5. The van der Waals surface area contributed by atoms with Gasteiger partial charge in [-0.15, -0.1) is 0 Å². The van der Waals surface area contributed by atoms with Gasteiger partial charge < -0.3 is 5.11 Å². The Morgan fingerprint density at radius 1 is 1.18 bits per heavy atom. The van der Waals surface area contributed by atoms with Gasteiger partial charge in [0.15, 0.2) is 0 Å². The van der Waals surface area contributed by atoms with E-state index in [2.05, 4.69) is 4.72 Å². The second kappa shape index (κ2) is 6.71. The minimum Gasteiger partial charge on any atom is -0.396 e. The molecule has 0 spiro atoms. The van der Waals surface area contributed by atoms with Crippen molar-refractivity contribution in [2.45, 2.75) is 53.5 Å². The van der Waals surface area contributed by atoms with E-state index in [1.165, 1.54) is 0 Å². The average molecular weight is 265 g/mol. The molecule has 0 aliphatic heterocycles. The highest BCUT2D eigenvalue weighted by atomic mass is 32.2. The zero-order valence-electron chi connectivity index (χ0n) is 11.7. The topological polar surface area (TPSA) is 66.4 Å². The van der Waals surface area contributed by atoms with E-state index < -0.39 is 10.0 Å². The van der Waals surface area contributed by atoms with E-state index in [1.807, 2.05) is 34.6 Å². The summed E-state index contributed by atoms with van der Waals surface area (Å²) in [5.41, 5.74) is -0.187. The van der Waals surface area contributed by atoms with Crippen LogP contribution in [0, 0.1) is 11.3 Å². The zero-order valence-corrected chi connectivity index (χ0v) is 12.5. The van der Waals surface area contributed by atoms with Crippen LogP contribution in [0.15, 0.2) is 0 Å². The molecule has 0 aromatic heterocycles. The molecule has 0 saturated carbocycles. The van der Waals surface area contributed by atoms with Gasteiger partial charge in [0.2, 0.25) is 10.0 Å². The molecule has 0 aromatic carbocycles. The van der Waals surface area contributed by atoms with Gasteiger partial charge in [-0.1, -0.05) is 34.6 Å². The second-order valence-corrected chi connectivity index (χ2v) is 7.92. The van der Waals surface area contributed by atoms with E-state index >= 15 is 0 Å². The Kier molecular flexibility index (Phi) is 6.66. The van der Waals surface area contributed by atoms with Gasteiger partial charge in [-0.3, -0.25) is 0 Å². The molecule has 1 atom stereocenters. The van der Waals surface area contributed by atoms with Crippen LogP contribution in [-0.2, 0) is 10.0 Å². The molecule has 0 heterocycles. The average Bonchev–Trinajstić information content (AvgIpc) is 2.13. The highest BCUT2D eigenvalue weighted by Gasteiger charge is 2.28. The third-order valence-corrected chi connectivity index (χ3v) is 4.17. The predicted molar refractivity (Wildman–Crippen MR) is 71.3 cm³/mol. The van der Waals surface area contributed by atoms with Crippen LogP contribution in [0.1, 0.15) is 47.5 Å². The van der Waals surface area contributed by atoms with Crippen molar-refractivity contribution >= 4 is 10.0 Å². The summed E-state index contributed by atoms with van der Waals surface area (Å²) in [6.07, 6.45) is 1.11. The number of aliphatic hydroxyl groups excluding tert-OH is 1. The summed E-state index contributed by atoms with van der Waals surface area (Å²) in [5.74, 6) is 0.528. The van der Waals surface area contributed by atoms with Crippen molar-refractivity contribution in [3.63, 3.8) is 0 Å². The SMILES string of the molecule is CC(C)CCS(=O)(=O)NC(CCO)C(C)(C)C. The molecule has 0 aliphatic carbocycles. The standard InChI is InChI=1S/C12H27NO3S/c1-10(2)7-9-17(15,16)13-11(6-8-14)12(3,4)5/h10-11,13-14H,6-9H2,1-5H3. The Morgan fingerprint density at radius 3 is 2.06 bits per heavy atom. The second-order valence-electron chi connectivity index (χ2n) is 6.05. The molecule has 0 radical (unpaired) electrons. The van der Waals surface area contributed by atoms with Crippen LogP contribution in [-0.4, -0.2) is 31.9 Å². The van der Waals surface area contributed by atoms with Crippen LogP contribution in [0.3, 0.4) is 0 Å². The van der Waals surface area contributed by atoms with E-state index in [9.17, 15) is 8.42 Å². The van der Waals surface area contributed by atoms with Crippen molar-refractivity contribution in [2.75, 3.05) is 12.4 Å². The fourth-order valence-electron chi connectivity index (χ4n) is 1.46. The molecule has 5 heteroatoms. The lowest BCUT2D eigenvalue weighted by Crippen LogP contribution is -2.45. The quantitative estimate of drug-likeness (QED) is 0.737. The van der Waals surface area contributed by atoms with Crippen molar-refractivity contribution in [2.24, 2.45) is 11.3 Å². The molecule has 17 heavy (non-hydrogen) atoms. The third kappa shape index (κ3) is 7.73. The van der Waals surface area contributed by atoms with Crippen LogP contribution < -0.4 is 4.72 Å². The zero-order chi connectivity index (χ0) is 13.7. The highest BCUT2D eigenvalue weighted by molar-refractivity contribution is 7.89. The monoisotopic (exact) mass is 265 g/mol. The lowest BCUT2D eigenvalue weighted by atomic mass is 9.86.